The van der Waals surface area contributed by atoms with Gasteiger partial charge in [-0.3, -0.25) is 0 Å². The molecule has 2 aromatic rings. The SMILES string of the molecule is CCN(CC)CCCS(=O)(=O)N[C@H](CCc1ccccc1)c1nc(COC(=O)NC(C)C)n(C)n1. The number of ether oxygens (including phenoxy) is 1. The fourth-order valence-electron chi connectivity index (χ4n) is 3.61. The van der Waals surface area contributed by atoms with Crippen LogP contribution in [0.4, 0.5) is 4.79 Å². The van der Waals surface area contributed by atoms with Crippen LogP contribution in [0.2, 0.25) is 0 Å². The predicted octanol–water partition coefficient (Wildman–Crippen LogP) is 2.77. The van der Waals surface area contributed by atoms with Crippen molar-refractivity contribution in [2.24, 2.45) is 7.05 Å². The van der Waals surface area contributed by atoms with E-state index in [2.05, 4.69) is 38.9 Å². The first-order valence-electron chi connectivity index (χ1n) is 12.2. The van der Waals surface area contributed by atoms with Crippen LogP contribution in [0.1, 0.15) is 63.8 Å². The van der Waals surface area contributed by atoms with E-state index in [-0.39, 0.29) is 18.4 Å². The molecule has 0 spiro atoms. The topological polar surface area (TPSA) is 118 Å². The van der Waals surface area contributed by atoms with Gasteiger partial charge in [0.15, 0.2) is 18.3 Å². The highest BCUT2D eigenvalue weighted by molar-refractivity contribution is 7.89. The van der Waals surface area contributed by atoms with E-state index in [1.807, 2.05) is 44.2 Å². The molecule has 0 unspecified atom stereocenters. The number of carbonyl (C=O) groups excluding carboxylic acids is 1. The molecule has 2 rings (SSSR count). The normalized spacial score (nSPS) is 12.8. The summed E-state index contributed by atoms with van der Waals surface area (Å²) in [6.07, 6.45) is 1.16. The van der Waals surface area contributed by atoms with Gasteiger partial charge in [0.1, 0.15) is 0 Å². The Morgan fingerprint density at radius 3 is 2.49 bits per heavy atom. The lowest BCUT2D eigenvalue weighted by Crippen LogP contribution is -2.33. The lowest BCUT2D eigenvalue weighted by molar-refractivity contribution is 0.133. The van der Waals surface area contributed by atoms with Gasteiger partial charge in [0.05, 0.1) is 11.8 Å². The highest BCUT2D eigenvalue weighted by Crippen LogP contribution is 2.19. The lowest BCUT2D eigenvalue weighted by atomic mass is 10.1. The highest BCUT2D eigenvalue weighted by Gasteiger charge is 2.24. The van der Waals surface area contributed by atoms with Crippen LogP contribution in [0.3, 0.4) is 0 Å². The molecule has 196 valence electrons. The molecule has 0 fully saturated rings. The molecule has 1 atom stereocenters. The van der Waals surface area contributed by atoms with Crippen LogP contribution in [-0.2, 0) is 34.8 Å². The molecule has 0 saturated heterocycles. The average molecular weight is 509 g/mol. The van der Waals surface area contributed by atoms with Crippen LogP contribution >= 0.6 is 0 Å². The van der Waals surface area contributed by atoms with Crippen molar-refractivity contribution in [3.05, 3.63) is 47.5 Å². The number of nitrogens with zero attached hydrogens (tertiary/aromatic N) is 4. The summed E-state index contributed by atoms with van der Waals surface area (Å²) in [5, 5.41) is 7.09. The van der Waals surface area contributed by atoms with Crippen molar-refractivity contribution >= 4 is 16.1 Å². The van der Waals surface area contributed by atoms with E-state index in [1.165, 1.54) is 4.68 Å². The van der Waals surface area contributed by atoms with Crippen molar-refractivity contribution in [1.29, 1.82) is 0 Å². The molecule has 0 aliphatic heterocycles. The van der Waals surface area contributed by atoms with E-state index < -0.39 is 22.2 Å². The van der Waals surface area contributed by atoms with Crippen molar-refractivity contribution < 1.29 is 17.9 Å². The summed E-state index contributed by atoms with van der Waals surface area (Å²) in [4.78, 5) is 18.5. The summed E-state index contributed by atoms with van der Waals surface area (Å²) >= 11 is 0. The number of benzene rings is 1. The van der Waals surface area contributed by atoms with Crippen LogP contribution in [0, 0.1) is 0 Å². The Labute approximate surface area is 209 Å². The van der Waals surface area contributed by atoms with Crippen molar-refractivity contribution in [2.75, 3.05) is 25.4 Å². The van der Waals surface area contributed by atoms with Crippen LogP contribution in [0.25, 0.3) is 0 Å². The second-order valence-electron chi connectivity index (χ2n) is 8.78. The molecule has 0 saturated carbocycles. The number of aromatic nitrogens is 3. The van der Waals surface area contributed by atoms with E-state index >= 15 is 0 Å². The van der Waals surface area contributed by atoms with Gasteiger partial charge in [0.25, 0.3) is 0 Å². The fraction of sp³-hybridized carbons (Fsp3) is 0.625. The van der Waals surface area contributed by atoms with Crippen molar-refractivity contribution in [3.63, 3.8) is 0 Å². The van der Waals surface area contributed by atoms with Crippen molar-refractivity contribution in [3.8, 4) is 0 Å². The van der Waals surface area contributed by atoms with Crippen LogP contribution in [0.5, 0.6) is 0 Å². The van der Waals surface area contributed by atoms with Crippen LogP contribution < -0.4 is 10.0 Å². The molecule has 0 aliphatic rings. The van der Waals surface area contributed by atoms with Gasteiger partial charge in [0, 0.05) is 13.1 Å². The number of sulfonamides is 1. The van der Waals surface area contributed by atoms with E-state index in [9.17, 15) is 13.2 Å². The summed E-state index contributed by atoms with van der Waals surface area (Å²) in [6, 6.07) is 9.23. The monoisotopic (exact) mass is 508 g/mol. The highest BCUT2D eigenvalue weighted by atomic mass is 32.2. The Bertz CT molecular complexity index is 1010. The number of hydrogen-bond acceptors (Lipinski definition) is 7. The first-order chi connectivity index (χ1) is 16.6. The maximum absolute atomic E-state index is 12.9. The zero-order chi connectivity index (χ0) is 25.8. The number of amides is 1. The molecule has 1 aromatic heterocycles. The van der Waals surface area contributed by atoms with E-state index in [4.69, 9.17) is 4.74 Å². The maximum Gasteiger partial charge on any atom is 0.407 e. The lowest BCUT2D eigenvalue weighted by Gasteiger charge is -2.19. The van der Waals surface area contributed by atoms with Gasteiger partial charge in [-0.1, -0.05) is 44.2 Å². The average Bonchev–Trinajstić information content (AvgIpc) is 3.18. The third-order valence-corrected chi connectivity index (χ3v) is 7.06. The largest absolute Gasteiger partial charge is 0.441 e. The van der Waals surface area contributed by atoms with Gasteiger partial charge < -0.3 is 15.0 Å². The van der Waals surface area contributed by atoms with Gasteiger partial charge in [-0.15, -0.1) is 0 Å². The quantitative estimate of drug-likeness (QED) is 0.380. The molecular weight excluding hydrogens is 468 g/mol. The standard InChI is InChI=1S/C24H40N6O4S/c1-6-30(7-2)16-11-17-35(32,33)28-21(15-14-20-12-9-8-10-13-20)23-26-22(29(5)27-23)18-34-24(31)25-19(3)4/h8-10,12-13,19,21,28H,6-7,11,14-18H2,1-5H3,(H,25,31)/t21-/m1/s1. The van der Waals surface area contributed by atoms with E-state index in [0.29, 0.717) is 30.9 Å². The summed E-state index contributed by atoms with van der Waals surface area (Å²) in [6.45, 7) is 10.3. The Morgan fingerprint density at radius 1 is 1.17 bits per heavy atom. The van der Waals surface area contributed by atoms with Gasteiger partial charge in [-0.2, -0.15) is 5.10 Å². The number of carbonyl (C=O) groups is 1. The molecule has 0 radical (unpaired) electrons. The molecule has 1 aromatic carbocycles. The Hall–Kier alpha value is -2.50. The zero-order valence-corrected chi connectivity index (χ0v) is 22.3. The summed E-state index contributed by atoms with van der Waals surface area (Å²) in [5.74, 6) is 0.826. The molecule has 35 heavy (non-hydrogen) atoms. The van der Waals surface area contributed by atoms with E-state index in [1.54, 1.807) is 7.05 Å². The molecule has 2 N–H and O–H groups in total. The van der Waals surface area contributed by atoms with Gasteiger partial charge in [-0.25, -0.2) is 27.6 Å². The van der Waals surface area contributed by atoms with Gasteiger partial charge in [0.2, 0.25) is 10.0 Å². The Kier molecular flexibility index (Phi) is 11.6. The number of hydrogen-bond donors (Lipinski definition) is 2. The Balaban J connectivity index is 2.12. The predicted molar refractivity (Wildman–Crippen MR) is 136 cm³/mol. The zero-order valence-electron chi connectivity index (χ0n) is 21.5. The summed E-state index contributed by atoms with van der Waals surface area (Å²) in [5.41, 5.74) is 1.10. The van der Waals surface area contributed by atoms with Crippen LogP contribution in [-0.4, -0.2) is 65.6 Å². The first-order valence-corrected chi connectivity index (χ1v) is 13.9. The van der Waals surface area contributed by atoms with Crippen molar-refractivity contribution in [1.82, 2.24) is 29.7 Å². The smallest absolute Gasteiger partial charge is 0.407 e. The molecule has 0 aliphatic carbocycles. The molecule has 1 amide bonds. The minimum Gasteiger partial charge on any atom is -0.441 e. The number of alkyl carbamates (subject to hydrolysis) is 1. The molecule has 0 bridgehead atoms. The fourth-order valence-corrected chi connectivity index (χ4v) is 4.89. The molecular formula is C24H40N6O4S. The van der Waals surface area contributed by atoms with Crippen molar-refractivity contribution in [2.45, 2.75) is 65.6 Å². The number of aryl methyl sites for hydroxylation is 2. The maximum atomic E-state index is 12.9. The number of nitrogens with one attached hydrogen (secondary N) is 2. The van der Waals surface area contributed by atoms with Gasteiger partial charge in [-0.05, 0) is 58.3 Å². The molecule has 1 heterocycles. The van der Waals surface area contributed by atoms with Crippen LogP contribution in [0.15, 0.2) is 30.3 Å². The first kappa shape index (κ1) is 28.7. The minimum atomic E-state index is -3.55. The third kappa shape index (κ3) is 10.3. The minimum absolute atomic E-state index is 0.0313. The van der Waals surface area contributed by atoms with E-state index in [0.717, 1.165) is 25.2 Å². The number of rotatable bonds is 15. The van der Waals surface area contributed by atoms with Gasteiger partial charge >= 0.3 is 6.09 Å². The molecule has 11 heteroatoms. The second kappa shape index (κ2) is 14.2. The third-order valence-electron chi connectivity index (χ3n) is 5.59. The summed E-state index contributed by atoms with van der Waals surface area (Å²) in [7, 11) is -1.85. The summed E-state index contributed by atoms with van der Waals surface area (Å²) < 4.78 is 35.4. The Morgan fingerprint density at radius 2 is 1.86 bits per heavy atom. The molecule has 10 nitrogen and oxygen atoms in total. The second-order valence-corrected chi connectivity index (χ2v) is 10.7.